The van der Waals surface area contributed by atoms with E-state index in [1.165, 1.54) is 12.1 Å². The molecule has 1 fully saturated rings. The molecular formula is C21H19FN4O2. The van der Waals surface area contributed by atoms with Crippen molar-refractivity contribution in [3.8, 4) is 11.3 Å². The van der Waals surface area contributed by atoms with Gasteiger partial charge in [-0.2, -0.15) is 0 Å². The predicted molar refractivity (Wildman–Crippen MR) is 104 cm³/mol. The van der Waals surface area contributed by atoms with E-state index in [2.05, 4.69) is 14.9 Å². The second kappa shape index (κ2) is 8.04. The van der Waals surface area contributed by atoms with E-state index in [1.54, 1.807) is 59.8 Å². The second-order valence-corrected chi connectivity index (χ2v) is 6.38. The van der Waals surface area contributed by atoms with Gasteiger partial charge in [0.05, 0.1) is 5.56 Å². The van der Waals surface area contributed by atoms with Crippen LogP contribution in [0.1, 0.15) is 5.76 Å². The third-order valence-corrected chi connectivity index (χ3v) is 4.58. The molecule has 1 amide bonds. The minimum atomic E-state index is -0.344. The maximum atomic E-state index is 13.8. The van der Waals surface area contributed by atoms with E-state index >= 15 is 0 Å². The summed E-state index contributed by atoms with van der Waals surface area (Å²) in [5.41, 5.74) is 0.396. The van der Waals surface area contributed by atoms with Gasteiger partial charge in [-0.05, 0) is 36.4 Å². The van der Waals surface area contributed by atoms with Gasteiger partial charge in [-0.15, -0.1) is 0 Å². The molecule has 0 radical (unpaired) electrons. The van der Waals surface area contributed by atoms with E-state index in [4.69, 9.17) is 4.42 Å². The summed E-state index contributed by atoms with van der Waals surface area (Å²) in [6, 6.07) is 11.6. The van der Waals surface area contributed by atoms with Crippen LogP contribution in [0.4, 0.5) is 10.3 Å². The number of hydrogen-bond acceptors (Lipinski definition) is 5. The molecular weight excluding hydrogens is 359 g/mol. The van der Waals surface area contributed by atoms with E-state index in [-0.39, 0.29) is 11.7 Å². The van der Waals surface area contributed by atoms with Crippen molar-refractivity contribution in [3.05, 3.63) is 72.5 Å². The summed E-state index contributed by atoms with van der Waals surface area (Å²) in [5, 5.41) is 0. The molecule has 1 aliphatic rings. The number of hydrogen-bond donors (Lipinski definition) is 0. The molecule has 142 valence electrons. The zero-order chi connectivity index (χ0) is 19.3. The lowest BCUT2D eigenvalue weighted by Gasteiger charge is -2.34. The van der Waals surface area contributed by atoms with Crippen molar-refractivity contribution in [1.82, 2.24) is 14.9 Å². The van der Waals surface area contributed by atoms with Crippen LogP contribution in [-0.2, 0) is 4.79 Å². The zero-order valence-electron chi connectivity index (χ0n) is 15.2. The van der Waals surface area contributed by atoms with Crippen LogP contribution >= 0.6 is 0 Å². The molecule has 1 aliphatic heterocycles. The Bertz CT molecular complexity index is 979. The number of carbonyl (C=O) groups is 1. The standard InChI is InChI=1S/C21H19FN4O2/c22-18-5-2-1-4-17(18)19-8-6-16(28-19)7-9-20(27)25-12-14-26(15-13-25)21-23-10-3-11-24-21/h1-11H,12-15H2. The molecule has 3 aromatic rings. The highest BCUT2D eigenvalue weighted by Gasteiger charge is 2.21. The molecule has 1 aromatic carbocycles. The zero-order valence-corrected chi connectivity index (χ0v) is 15.2. The summed E-state index contributed by atoms with van der Waals surface area (Å²) in [6.07, 6.45) is 6.51. The van der Waals surface area contributed by atoms with Gasteiger partial charge in [0.15, 0.2) is 0 Å². The second-order valence-electron chi connectivity index (χ2n) is 6.38. The number of halogens is 1. The first-order valence-corrected chi connectivity index (χ1v) is 9.04. The summed E-state index contributed by atoms with van der Waals surface area (Å²) in [5.74, 6) is 1.19. The first-order chi connectivity index (χ1) is 13.7. The number of benzene rings is 1. The molecule has 6 nitrogen and oxygen atoms in total. The Balaban J connectivity index is 1.36. The van der Waals surface area contributed by atoms with Crippen molar-refractivity contribution < 1.29 is 13.6 Å². The van der Waals surface area contributed by atoms with Gasteiger partial charge < -0.3 is 14.2 Å². The highest BCUT2D eigenvalue weighted by molar-refractivity contribution is 5.91. The van der Waals surface area contributed by atoms with Crippen LogP contribution in [0.5, 0.6) is 0 Å². The molecule has 1 saturated heterocycles. The SMILES string of the molecule is O=C(C=Cc1ccc(-c2ccccc2F)o1)N1CCN(c2ncccn2)CC1. The molecule has 0 unspecified atom stereocenters. The van der Waals surface area contributed by atoms with Crippen LogP contribution < -0.4 is 4.90 Å². The van der Waals surface area contributed by atoms with Crippen molar-refractivity contribution in [3.63, 3.8) is 0 Å². The summed E-state index contributed by atoms with van der Waals surface area (Å²) in [7, 11) is 0. The Morgan fingerprint density at radius 1 is 1.00 bits per heavy atom. The number of nitrogens with zero attached hydrogens (tertiary/aromatic N) is 4. The highest BCUT2D eigenvalue weighted by Crippen LogP contribution is 2.25. The molecule has 3 heterocycles. The van der Waals surface area contributed by atoms with Gasteiger partial charge in [-0.25, -0.2) is 14.4 Å². The van der Waals surface area contributed by atoms with E-state index in [9.17, 15) is 9.18 Å². The molecule has 4 rings (SSSR count). The van der Waals surface area contributed by atoms with Gasteiger partial charge in [-0.3, -0.25) is 4.79 Å². The molecule has 0 atom stereocenters. The van der Waals surface area contributed by atoms with Crippen LogP contribution in [0.25, 0.3) is 17.4 Å². The van der Waals surface area contributed by atoms with Gasteiger partial charge in [0.2, 0.25) is 11.9 Å². The van der Waals surface area contributed by atoms with Crippen LogP contribution in [0.15, 0.2) is 65.4 Å². The molecule has 0 N–H and O–H groups in total. The van der Waals surface area contributed by atoms with Gasteiger partial charge >= 0.3 is 0 Å². The lowest BCUT2D eigenvalue weighted by molar-refractivity contribution is -0.126. The van der Waals surface area contributed by atoms with Gasteiger partial charge in [0.25, 0.3) is 0 Å². The maximum absolute atomic E-state index is 13.8. The lowest BCUT2D eigenvalue weighted by Crippen LogP contribution is -2.48. The highest BCUT2D eigenvalue weighted by atomic mass is 19.1. The van der Waals surface area contributed by atoms with Gasteiger partial charge in [0.1, 0.15) is 17.3 Å². The molecule has 28 heavy (non-hydrogen) atoms. The number of carbonyl (C=O) groups excluding carboxylic acids is 1. The third-order valence-electron chi connectivity index (χ3n) is 4.58. The van der Waals surface area contributed by atoms with E-state index in [1.807, 2.05) is 0 Å². The normalized spacial score (nSPS) is 14.6. The largest absolute Gasteiger partial charge is 0.457 e. The Kier molecular flexibility index (Phi) is 5.14. The smallest absolute Gasteiger partial charge is 0.246 e. The summed E-state index contributed by atoms with van der Waals surface area (Å²) in [4.78, 5) is 24.7. The number of piperazine rings is 1. The quantitative estimate of drug-likeness (QED) is 0.652. The average molecular weight is 378 g/mol. The Morgan fingerprint density at radius 2 is 1.75 bits per heavy atom. The molecule has 0 aliphatic carbocycles. The number of amides is 1. The van der Waals surface area contributed by atoms with Crippen molar-refractivity contribution in [2.24, 2.45) is 0 Å². The van der Waals surface area contributed by atoms with Crippen molar-refractivity contribution in [2.45, 2.75) is 0 Å². The first-order valence-electron chi connectivity index (χ1n) is 9.04. The van der Waals surface area contributed by atoms with Crippen LogP contribution in [0.2, 0.25) is 0 Å². The molecule has 0 saturated carbocycles. The number of rotatable bonds is 4. The van der Waals surface area contributed by atoms with E-state index in [0.717, 1.165) is 0 Å². The average Bonchev–Trinajstić information content (AvgIpc) is 3.22. The Labute approximate surface area is 161 Å². The van der Waals surface area contributed by atoms with Crippen molar-refractivity contribution in [2.75, 3.05) is 31.1 Å². The first kappa shape index (κ1) is 17.9. The summed E-state index contributed by atoms with van der Waals surface area (Å²) < 4.78 is 19.5. The van der Waals surface area contributed by atoms with Crippen LogP contribution in [-0.4, -0.2) is 47.0 Å². The Hall–Kier alpha value is -3.48. The fraction of sp³-hybridized carbons (Fsp3) is 0.190. The topological polar surface area (TPSA) is 62.5 Å². The number of furan rings is 1. The predicted octanol–water partition coefficient (Wildman–Crippen LogP) is 3.24. The third kappa shape index (κ3) is 3.93. The van der Waals surface area contributed by atoms with E-state index in [0.29, 0.717) is 49.2 Å². The minimum Gasteiger partial charge on any atom is -0.457 e. The summed E-state index contributed by atoms with van der Waals surface area (Å²) in [6.45, 7) is 2.56. The molecule has 0 bridgehead atoms. The van der Waals surface area contributed by atoms with Crippen LogP contribution in [0, 0.1) is 5.82 Å². The maximum Gasteiger partial charge on any atom is 0.246 e. The number of anilines is 1. The van der Waals surface area contributed by atoms with Gasteiger partial charge in [0, 0.05) is 44.6 Å². The van der Waals surface area contributed by atoms with E-state index < -0.39 is 0 Å². The fourth-order valence-electron chi connectivity index (χ4n) is 3.09. The fourth-order valence-corrected chi connectivity index (χ4v) is 3.09. The number of aromatic nitrogens is 2. The molecule has 2 aromatic heterocycles. The lowest BCUT2D eigenvalue weighted by atomic mass is 10.1. The minimum absolute atomic E-state index is 0.0857. The van der Waals surface area contributed by atoms with Crippen LogP contribution in [0.3, 0.4) is 0 Å². The van der Waals surface area contributed by atoms with Crippen molar-refractivity contribution >= 4 is 17.9 Å². The van der Waals surface area contributed by atoms with Gasteiger partial charge in [-0.1, -0.05) is 12.1 Å². The molecule has 0 spiro atoms. The summed E-state index contributed by atoms with van der Waals surface area (Å²) >= 11 is 0. The molecule has 7 heteroatoms. The Morgan fingerprint density at radius 3 is 2.50 bits per heavy atom. The van der Waals surface area contributed by atoms with Crippen molar-refractivity contribution in [1.29, 1.82) is 0 Å². The monoisotopic (exact) mass is 378 g/mol.